The summed E-state index contributed by atoms with van der Waals surface area (Å²) in [5, 5.41) is 0. The maximum Gasteiger partial charge on any atom is -0.00942 e. The van der Waals surface area contributed by atoms with E-state index in [2.05, 4.69) is 63.3 Å². The van der Waals surface area contributed by atoms with E-state index in [1.54, 1.807) is 0 Å². The van der Waals surface area contributed by atoms with Gasteiger partial charge in [-0.2, -0.15) is 0 Å². The molecule has 0 N–H and O–H groups in total. The average Bonchev–Trinajstić information content (AvgIpc) is 2.02. The van der Waals surface area contributed by atoms with Gasteiger partial charge in [0.1, 0.15) is 0 Å². The lowest BCUT2D eigenvalue weighted by Crippen LogP contribution is -1.91. The molecule has 0 heterocycles. The zero-order chi connectivity index (χ0) is 9.72. The van der Waals surface area contributed by atoms with Gasteiger partial charge in [0.15, 0.2) is 0 Å². The monoisotopic (exact) mass is 278 g/mol. The van der Waals surface area contributed by atoms with Gasteiger partial charge in [-0.3, -0.25) is 0 Å². The van der Waals surface area contributed by atoms with Gasteiger partial charge in [-0.05, 0) is 52.4 Å². The molecule has 0 saturated heterocycles. The fourth-order valence-corrected chi connectivity index (χ4v) is 1.37. The second-order valence-corrected chi connectivity index (χ2v) is 4.85. The van der Waals surface area contributed by atoms with Crippen LogP contribution in [0.2, 0.25) is 0 Å². The van der Waals surface area contributed by atoms with E-state index in [1.807, 2.05) is 0 Å². The van der Waals surface area contributed by atoms with E-state index >= 15 is 0 Å². The van der Waals surface area contributed by atoms with Crippen LogP contribution in [0.25, 0.3) is 0 Å². The van der Waals surface area contributed by atoms with E-state index in [4.69, 9.17) is 0 Å². The van der Waals surface area contributed by atoms with Gasteiger partial charge in [0.25, 0.3) is 0 Å². The summed E-state index contributed by atoms with van der Waals surface area (Å²) in [6.07, 6.45) is 3.43. The highest BCUT2D eigenvalue weighted by molar-refractivity contribution is 14.1. The Bertz CT molecular complexity index is 197. The normalized spacial score (nSPS) is 15.1. The third-order valence-corrected chi connectivity index (χ3v) is 3.27. The predicted octanol–water partition coefficient (Wildman–Crippen LogP) is 4.71. The van der Waals surface area contributed by atoms with Crippen molar-refractivity contribution in [1.29, 1.82) is 0 Å². The van der Waals surface area contributed by atoms with E-state index in [0.29, 0.717) is 5.92 Å². The SMILES string of the molecule is CC/C(I)=C\C(C)=C(\C)C(C)C. The molecule has 0 atom stereocenters. The van der Waals surface area contributed by atoms with Crippen LogP contribution in [0.5, 0.6) is 0 Å². The van der Waals surface area contributed by atoms with Gasteiger partial charge >= 0.3 is 0 Å². The summed E-state index contributed by atoms with van der Waals surface area (Å²) < 4.78 is 1.44. The van der Waals surface area contributed by atoms with E-state index in [-0.39, 0.29) is 0 Å². The summed E-state index contributed by atoms with van der Waals surface area (Å²) in [6.45, 7) is 11.1. The highest BCUT2D eigenvalue weighted by atomic mass is 127. The fraction of sp³-hybridized carbons (Fsp3) is 0.636. The molecule has 70 valence electrons. The standard InChI is InChI=1S/C11H19I/c1-6-11(12)7-9(4)10(5)8(2)3/h7-8H,6H2,1-5H3/b10-9-,11-7+. The predicted molar refractivity (Wildman–Crippen MR) is 65.6 cm³/mol. The van der Waals surface area contributed by atoms with Crippen LogP contribution in [0.4, 0.5) is 0 Å². The molecule has 0 fully saturated rings. The lowest BCUT2D eigenvalue weighted by Gasteiger charge is -2.08. The van der Waals surface area contributed by atoms with Crippen LogP contribution in [-0.4, -0.2) is 0 Å². The zero-order valence-corrected chi connectivity index (χ0v) is 10.9. The van der Waals surface area contributed by atoms with Gasteiger partial charge in [0.05, 0.1) is 0 Å². The minimum absolute atomic E-state index is 0.669. The van der Waals surface area contributed by atoms with Gasteiger partial charge in [0, 0.05) is 0 Å². The molecule has 0 aromatic heterocycles. The van der Waals surface area contributed by atoms with Crippen molar-refractivity contribution in [1.82, 2.24) is 0 Å². The van der Waals surface area contributed by atoms with Crippen molar-refractivity contribution in [2.75, 3.05) is 0 Å². The van der Waals surface area contributed by atoms with Crippen LogP contribution in [0.15, 0.2) is 20.8 Å². The molecule has 0 bridgehead atoms. The Hall–Kier alpha value is 0.210. The summed E-state index contributed by atoms with van der Waals surface area (Å²) in [6, 6.07) is 0. The van der Waals surface area contributed by atoms with Crippen LogP contribution >= 0.6 is 22.6 Å². The quantitative estimate of drug-likeness (QED) is 0.518. The summed E-state index contributed by atoms with van der Waals surface area (Å²) in [5.74, 6) is 0.669. The summed E-state index contributed by atoms with van der Waals surface area (Å²) in [7, 11) is 0. The highest BCUT2D eigenvalue weighted by Crippen LogP contribution is 2.19. The topological polar surface area (TPSA) is 0 Å². The molecule has 0 aliphatic rings. The van der Waals surface area contributed by atoms with E-state index < -0.39 is 0 Å². The van der Waals surface area contributed by atoms with E-state index in [1.165, 1.54) is 14.7 Å². The largest absolute Gasteiger partial charge is 0.0678 e. The summed E-state index contributed by atoms with van der Waals surface area (Å²) in [5.41, 5.74) is 2.92. The maximum absolute atomic E-state index is 2.40. The van der Waals surface area contributed by atoms with Crippen LogP contribution in [0.1, 0.15) is 41.0 Å². The third-order valence-electron chi connectivity index (χ3n) is 2.20. The van der Waals surface area contributed by atoms with Crippen molar-refractivity contribution < 1.29 is 0 Å². The van der Waals surface area contributed by atoms with E-state index in [9.17, 15) is 0 Å². The Kier molecular flexibility index (Phi) is 5.89. The van der Waals surface area contributed by atoms with Crippen molar-refractivity contribution in [2.24, 2.45) is 5.92 Å². The third kappa shape index (κ3) is 4.29. The Balaban J connectivity index is 4.57. The molecule has 0 aliphatic carbocycles. The van der Waals surface area contributed by atoms with Gasteiger partial charge in [-0.25, -0.2) is 0 Å². The first-order chi connectivity index (χ1) is 5.49. The van der Waals surface area contributed by atoms with Crippen LogP contribution in [0.3, 0.4) is 0 Å². The molecule has 0 saturated carbocycles. The molecule has 12 heavy (non-hydrogen) atoms. The highest BCUT2D eigenvalue weighted by Gasteiger charge is 1.99. The first kappa shape index (κ1) is 12.2. The zero-order valence-electron chi connectivity index (χ0n) is 8.74. The Labute approximate surface area is 90.3 Å². The number of rotatable bonds is 3. The van der Waals surface area contributed by atoms with Gasteiger partial charge in [-0.1, -0.05) is 38.0 Å². The number of hydrogen-bond donors (Lipinski definition) is 0. The Morgan fingerprint density at radius 3 is 2.17 bits per heavy atom. The molecule has 0 unspecified atom stereocenters. The number of hydrogen-bond acceptors (Lipinski definition) is 0. The van der Waals surface area contributed by atoms with Gasteiger partial charge in [0.2, 0.25) is 0 Å². The molecule has 0 radical (unpaired) electrons. The molecule has 0 spiro atoms. The first-order valence-corrected chi connectivity index (χ1v) is 5.60. The molecule has 0 aliphatic heterocycles. The van der Waals surface area contributed by atoms with Crippen molar-refractivity contribution >= 4 is 22.6 Å². The molecular formula is C11H19I. The molecule has 1 heteroatoms. The van der Waals surface area contributed by atoms with Crippen molar-refractivity contribution in [3.05, 3.63) is 20.8 Å². The number of halogens is 1. The molecule has 0 amide bonds. The fourth-order valence-electron chi connectivity index (χ4n) is 0.906. The maximum atomic E-state index is 2.40. The van der Waals surface area contributed by atoms with E-state index in [0.717, 1.165) is 6.42 Å². The van der Waals surface area contributed by atoms with Crippen molar-refractivity contribution in [3.8, 4) is 0 Å². The van der Waals surface area contributed by atoms with Crippen molar-refractivity contribution in [3.63, 3.8) is 0 Å². The van der Waals surface area contributed by atoms with Gasteiger partial charge in [-0.15, -0.1) is 0 Å². The summed E-state index contributed by atoms with van der Waals surface area (Å²) >= 11 is 2.40. The lowest BCUT2D eigenvalue weighted by atomic mass is 9.99. The molecular weight excluding hydrogens is 259 g/mol. The second kappa shape index (κ2) is 5.79. The number of allylic oxidation sites excluding steroid dienone is 4. The van der Waals surface area contributed by atoms with Gasteiger partial charge < -0.3 is 0 Å². The molecule has 0 nitrogen and oxygen atoms in total. The van der Waals surface area contributed by atoms with Crippen LogP contribution < -0.4 is 0 Å². The molecule has 0 rings (SSSR count). The van der Waals surface area contributed by atoms with Crippen LogP contribution in [-0.2, 0) is 0 Å². The Morgan fingerprint density at radius 2 is 1.83 bits per heavy atom. The average molecular weight is 278 g/mol. The van der Waals surface area contributed by atoms with Crippen molar-refractivity contribution in [2.45, 2.75) is 41.0 Å². The second-order valence-electron chi connectivity index (χ2n) is 3.47. The minimum Gasteiger partial charge on any atom is -0.0678 e. The molecule has 0 aromatic rings. The summed E-state index contributed by atoms with van der Waals surface area (Å²) in [4.78, 5) is 0. The first-order valence-electron chi connectivity index (χ1n) is 4.52. The molecule has 0 aromatic carbocycles. The Morgan fingerprint density at radius 1 is 1.33 bits per heavy atom. The van der Waals surface area contributed by atoms with Crippen LogP contribution in [0, 0.1) is 5.92 Å². The minimum atomic E-state index is 0.669. The lowest BCUT2D eigenvalue weighted by molar-refractivity contribution is 0.760. The smallest absolute Gasteiger partial charge is 0.00942 e.